The van der Waals surface area contributed by atoms with Crippen molar-refractivity contribution in [2.75, 3.05) is 0 Å². The first-order chi connectivity index (χ1) is 6.92. The van der Waals surface area contributed by atoms with Gasteiger partial charge in [0.05, 0.1) is 5.54 Å². The Balaban J connectivity index is 2.49. The lowest BCUT2D eigenvalue weighted by Gasteiger charge is -2.23. The van der Waals surface area contributed by atoms with Crippen LogP contribution < -0.4 is 11.5 Å². The maximum atomic E-state index is 11.0. The summed E-state index contributed by atoms with van der Waals surface area (Å²) in [7, 11) is 0. The van der Waals surface area contributed by atoms with E-state index < -0.39 is 11.4 Å². The number of hydrogen-bond acceptors (Lipinski definition) is 6. The van der Waals surface area contributed by atoms with Crippen molar-refractivity contribution in [3.8, 4) is 0 Å². The van der Waals surface area contributed by atoms with Gasteiger partial charge in [-0.1, -0.05) is 18.7 Å². The van der Waals surface area contributed by atoms with Gasteiger partial charge < -0.3 is 11.5 Å². The van der Waals surface area contributed by atoms with Gasteiger partial charge >= 0.3 is 0 Å². The highest BCUT2D eigenvalue weighted by Gasteiger charge is 2.28. The van der Waals surface area contributed by atoms with Crippen molar-refractivity contribution in [1.82, 2.24) is 9.36 Å². The molecule has 0 radical (unpaired) electrons. The van der Waals surface area contributed by atoms with E-state index in [-0.39, 0.29) is 5.25 Å². The number of rotatable bonds is 5. The van der Waals surface area contributed by atoms with Crippen molar-refractivity contribution in [1.29, 1.82) is 0 Å². The first kappa shape index (κ1) is 12.4. The third-order valence-electron chi connectivity index (χ3n) is 1.92. The maximum absolute atomic E-state index is 11.0. The molecule has 1 aromatic heterocycles. The topological polar surface area (TPSA) is 94.9 Å². The van der Waals surface area contributed by atoms with E-state index >= 15 is 0 Å². The monoisotopic (exact) mass is 246 g/mol. The van der Waals surface area contributed by atoms with E-state index in [0.29, 0.717) is 6.42 Å². The first-order valence-electron chi connectivity index (χ1n) is 4.44. The van der Waals surface area contributed by atoms with Gasteiger partial charge in [-0.3, -0.25) is 4.79 Å². The summed E-state index contributed by atoms with van der Waals surface area (Å²) >= 11 is 2.88. The van der Waals surface area contributed by atoms with Gasteiger partial charge in [0.2, 0.25) is 5.91 Å². The zero-order chi connectivity index (χ0) is 11.5. The normalized spacial score (nSPS) is 17.0. The maximum Gasteiger partial charge on any atom is 0.237 e. The zero-order valence-electron chi connectivity index (χ0n) is 8.64. The fourth-order valence-electron chi connectivity index (χ4n) is 1.13. The van der Waals surface area contributed by atoms with Crippen molar-refractivity contribution in [3.05, 3.63) is 6.33 Å². The van der Waals surface area contributed by atoms with Crippen LogP contribution in [0.15, 0.2) is 10.7 Å². The second-order valence-electron chi connectivity index (χ2n) is 3.62. The minimum Gasteiger partial charge on any atom is -0.368 e. The number of carbonyl (C=O) groups is 1. The standard InChI is InChI=1S/C8H14N4OS2/c1-5(3-8(2,10)6(9)13)14-7-11-4-12-15-7/h4-5H,3,10H2,1-2H3,(H2,9,13). The molecule has 0 saturated heterocycles. The summed E-state index contributed by atoms with van der Waals surface area (Å²) in [6, 6.07) is 0. The molecular formula is C8H14N4OS2. The minimum atomic E-state index is -0.961. The van der Waals surface area contributed by atoms with Crippen LogP contribution in [0.25, 0.3) is 0 Å². The number of nitrogens with zero attached hydrogens (tertiary/aromatic N) is 2. The molecule has 2 atom stereocenters. The summed E-state index contributed by atoms with van der Waals surface area (Å²) in [5, 5.41) is 0.181. The molecule has 0 aliphatic heterocycles. The fourth-order valence-corrected chi connectivity index (χ4v) is 3.08. The molecule has 0 aliphatic carbocycles. The highest BCUT2D eigenvalue weighted by Crippen LogP contribution is 2.28. The molecule has 0 bridgehead atoms. The van der Waals surface area contributed by atoms with Crippen LogP contribution in [0.4, 0.5) is 0 Å². The quantitative estimate of drug-likeness (QED) is 0.742. The molecule has 5 nitrogen and oxygen atoms in total. The molecule has 0 aliphatic rings. The van der Waals surface area contributed by atoms with E-state index in [1.807, 2.05) is 6.92 Å². The summed E-state index contributed by atoms with van der Waals surface area (Å²) in [4.78, 5) is 15.1. The Morgan fingerprint density at radius 2 is 2.47 bits per heavy atom. The first-order valence-corrected chi connectivity index (χ1v) is 6.09. The van der Waals surface area contributed by atoms with Gasteiger partial charge in [0.25, 0.3) is 0 Å². The zero-order valence-corrected chi connectivity index (χ0v) is 10.3. The number of aromatic nitrogens is 2. The van der Waals surface area contributed by atoms with Gasteiger partial charge in [0.1, 0.15) is 6.33 Å². The Morgan fingerprint density at radius 3 is 2.93 bits per heavy atom. The summed E-state index contributed by atoms with van der Waals surface area (Å²) in [5.41, 5.74) is 10.0. The van der Waals surface area contributed by atoms with Gasteiger partial charge in [0, 0.05) is 5.25 Å². The number of carbonyl (C=O) groups excluding carboxylic acids is 1. The van der Waals surface area contributed by atoms with E-state index in [4.69, 9.17) is 11.5 Å². The molecule has 84 valence electrons. The largest absolute Gasteiger partial charge is 0.368 e. The molecular weight excluding hydrogens is 232 g/mol. The summed E-state index contributed by atoms with van der Waals surface area (Å²) in [5.74, 6) is -0.479. The molecule has 2 unspecified atom stereocenters. The predicted octanol–water partition coefficient (Wildman–Crippen LogP) is 0.611. The van der Waals surface area contributed by atoms with E-state index in [9.17, 15) is 4.79 Å². The van der Waals surface area contributed by atoms with Gasteiger partial charge in [-0.25, -0.2) is 4.98 Å². The Hall–Kier alpha value is -0.660. The Bertz CT molecular complexity index is 325. The molecule has 7 heteroatoms. The molecule has 0 fully saturated rings. The third-order valence-corrected chi connectivity index (χ3v) is 3.77. The summed E-state index contributed by atoms with van der Waals surface area (Å²) < 4.78 is 4.77. The number of hydrogen-bond donors (Lipinski definition) is 2. The minimum absolute atomic E-state index is 0.181. The lowest BCUT2D eigenvalue weighted by Crippen LogP contribution is -2.50. The Labute approximate surface area is 96.8 Å². The van der Waals surface area contributed by atoms with Crippen LogP contribution in [0.2, 0.25) is 0 Å². The SMILES string of the molecule is CC(CC(C)(N)C(N)=O)Sc1ncns1. The van der Waals surface area contributed by atoms with Crippen molar-refractivity contribution < 1.29 is 4.79 Å². The number of thioether (sulfide) groups is 1. The Morgan fingerprint density at radius 1 is 1.80 bits per heavy atom. The number of amides is 1. The van der Waals surface area contributed by atoms with Crippen LogP contribution in [-0.2, 0) is 4.79 Å². The average Bonchev–Trinajstić information content (AvgIpc) is 2.54. The van der Waals surface area contributed by atoms with E-state index in [2.05, 4.69) is 9.36 Å². The van der Waals surface area contributed by atoms with Gasteiger partial charge in [0.15, 0.2) is 4.34 Å². The summed E-state index contributed by atoms with van der Waals surface area (Å²) in [6.45, 7) is 3.63. The molecule has 1 amide bonds. The highest BCUT2D eigenvalue weighted by molar-refractivity contribution is 8.01. The van der Waals surface area contributed by atoms with Crippen LogP contribution in [-0.4, -0.2) is 26.1 Å². The van der Waals surface area contributed by atoms with Crippen LogP contribution in [0, 0.1) is 0 Å². The number of nitrogens with two attached hydrogens (primary N) is 2. The van der Waals surface area contributed by atoms with Crippen molar-refractivity contribution in [2.45, 2.75) is 35.4 Å². The predicted molar refractivity (Wildman–Crippen MR) is 61.6 cm³/mol. The highest BCUT2D eigenvalue weighted by atomic mass is 32.2. The second-order valence-corrected chi connectivity index (χ2v) is 6.09. The average molecular weight is 246 g/mol. The van der Waals surface area contributed by atoms with Gasteiger partial charge in [-0.15, -0.1) is 0 Å². The molecule has 1 rings (SSSR count). The van der Waals surface area contributed by atoms with Gasteiger partial charge in [-0.2, -0.15) is 4.37 Å². The Kier molecular flexibility index (Phi) is 4.06. The summed E-state index contributed by atoms with van der Waals surface area (Å²) in [6.07, 6.45) is 2.03. The van der Waals surface area contributed by atoms with E-state index in [0.717, 1.165) is 4.34 Å². The third kappa shape index (κ3) is 3.77. The van der Waals surface area contributed by atoms with Crippen molar-refractivity contribution >= 4 is 29.2 Å². The van der Waals surface area contributed by atoms with Crippen molar-refractivity contribution in [3.63, 3.8) is 0 Å². The number of primary amides is 1. The van der Waals surface area contributed by atoms with Gasteiger partial charge in [-0.05, 0) is 24.9 Å². The van der Waals surface area contributed by atoms with Crippen LogP contribution in [0.5, 0.6) is 0 Å². The molecule has 0 aromatic carbocycles. The molecule has 15 heavy (non-hydrogen) atoms. The molecule has 1 aromatic rings. The van der Waals surface area contributed by atoms with E-state index in [1.54, 1.807) is 18.7 Å². The lowest BCUT2D eigenvalue weighted by atomic mass is 9.97. The smallest absolute Gasteiger partial charge is 0.237 e. The lowest BCUT2D eigenvalue weighted by molar-refractivity contribution is -0.122. The van der Waals surface area contributed by atoms with Crippen LogP contribution in [0.1, 0.15) is 20.3 Å². The van der Waals surface area contributed by atoms with Crippen molar-refractivity contribution in [2.24, 2.45) is 11.5 Å². The fraction of sp³-hybridized carbons (Fsp3) is 0.625. The van der Waals surface area contributed by atoms with Crippen LogP contribution >= 0.6 is 23.3 Å². The molecule has 1 heterocycles. The second kappa shape index (κ2) is 4.91. The van der Waals surface area contributed by atoms with Crippen LogP contribution in [0.3, 0.4) is 0 Å². The molecule has 4 N–H and O–H groups in total. The molecule has 0 spiro atoms. The van der Waals surface area contributed by atoms with E-state index in [1.165, 1.54) is 17.9 Å². The molecule has 0 saturated carbocycles.